The molecule has 74 heavy (non-hydrogen) atoms. The second-order valence-corrected chi connectivity index (χ2v) is 19.6. The number of ether oxygens (including phenoxy) is 6. The first kappa shape index (κ1) is 56.5. The third kappa shape index (κ3) is 15.2. The minimum absolute atomic E-state index is 0.00282. The third-order valence-electron chi connectivity index (χ3n) is 14.6. The van der Waals surface area contributed by atoms with Gasteiger partial charge in [-0.25, -0.2) is 14.4 Å². The molecule has 3 aliphatic rings. The Labute approximate surface area is 432 Å². The van der Waals surface area contributed by atoms with Crippen molar-refractivity contribution < 1.29 is 67.1 Å². The van der Waals surface area contributed by atoms with E-state index >= 15 is 0 Å². The number of nitrogens with one attached hydrogen (secondary N) is 2. The van der Waals surface area contributed by atoms with Crippen molar-refractivity contribution >= 4 is 47.0 Å². The van der Waals surface area contributed by atoms with Crippen LogP contribution in [0.5, 0.6) is 0 Å². The average Bonchev–Trinajstić information content (AvgIpc) is 3.82. The molecule has 2 aliphatic carbocycles. The van der Waals surface area contributed by atoms with Crippen LogP contribution in [0.4, 0.5) is 5.69 Å². The molecule has 1 amide bonds. The number of amides is 1. The summed E-state index contributed by atoms with van der Waals surface area (Å²) in [6.07, 6.45) is 9.51. The molecule has 6 atom stereocenters. The van der Waals surface area contributed by atoms with E-state index < -0.39 is 47.4 Å². The quantitative estimate of drug-likeness (QED) is 0.0173. The minimum atomic E-state index is -0.854. The summed E-state index contributed by atoms with van der Waals surface area (Å²) in [7, 11) is 0. The van der Waals surface area contributed by atoms with Gasteiger partial charge < -0.3 is 38.8 Å². The zero-order chi connectivity index (χ0) is 53.3. The first-order valence-corrected chi connectivity index (χ1v) is 25.2. The number of fused-ring (bicyclic) bond motifs is 1. The number of carbonyl (C=O) groups excluding carboxylic acids is 7. The van der Waals surface area contributed by atoms with Crippen LogP contribution >= 0.6 is 0 Å². The van der Waals surface area contributed by atoms with Crippen LogP contribution in [0.15, 0.2) is 96.6 Å². The van der Waals surface area contributed by atoms with Crippen molar-refractivity contribution in [2.45, 2.75) is 90.8 Å². The van der Waals surface area contributed by atoms with E-state index in [4.69, 9.17) is 34.8 Å². The summed E-state index contributed by atoms with van der Waals surface area (Å²) in [5.41, 5.74) is 3.13. The van der Waals surface area contributed by atoms with Gasteiger partial charge in [-0.05, 0) is 129 Å². The Balaban J connectivity index is 0.918. The van der Waals surface area contributed by atoms with E-state index in [-0.39, 0.29) is 93.3 Å². The topological polar surface area (TPSA) is 219 Å². The van der Waals surface area contributed by atoms with Gasteiger partial charge in [-0.15, -0.1) is 6.42 Å². The van der Waals surface area contributed by atoms with E-state index in [1.165, 1.54) is 24.3 Å². The van der Waals surface area contributed by atoms with E-state index in [2.05, 4.69) is 37.0 Å². The molecular formula is C58H68N2O14. The zero-order valence-electron chi connectivity index (χ0n) is 42.6. The molecule has 394 valence electrons. The third-order valence-corrected chi connectivity index (χ3v) is 14.6. The lowest BCUT2D eigenvalue weighted by atomic mass is 9.45. The monoisotopic (exact) mass is 1020 g/mol. The number of aliphatic hydroxyl groups excluding tert-OH is 1. The molecule has 3 unspecified atom stereocenters. The lowest BCUT2D eigenvalue weighted by Gasteiger charge is -2.60. The molecule has 3 aromatic rings. The van der Waals surface area contributed by atoms with E-state index in [0.29, 0.717) is 79.7 Å². The van der Waals surface area contributed by atoms with Gasteiger partial charge in [-0.1, -0.05) is 61.7 Å². The number of esters is 4. The summed E-state index contributed by atoms with van der Waals surface area (Å²) >= 11 is 0. The maximum atomic E-state index is 13.4. The number of anilines is 1. The molecule has 0 aromatic heterocycles. The number of hydrogen-bond acceptors (Lipinski definition) is 15. The summed E-state index contributed by atoms with van der Waals surface area (Å²) in [6, 6.07) is 19.4. The van der Waals surface area contributed by atoms with Crippen molar-refractivity contribution in [3.8, 4) is 12.3 Å². The standard InChI is InChI=1S/C58H68N2O14/c1-6-28-69-31-32-70-33-34-71-52(64)37-59-36-51(63)60-44-20-18-41(19-21-44)53(65)40-14-16-42(17-15-40)54(66)72-29-7-8-45(61)23-26-58(5)49-22-11-39(3)47(57(49,4)27-24-50(58)62)35-48(46-25-30-73-56(46)68)74-55(67)43-12-9-38(2)10-13-43/h1,9-10,12-21,25,47-50,59,62H,3,7-8,11,22-24,26-37H2,2,4-5H3,(H,60,63)/t47-,48?,49?,50?,57+,58+/m1/s1. The fraction of sp³-hybridized carbons (Fsp3) is 0.466. The second-order valence-electron chi connectivity index (χ2n) is 19.6. The molecule has 0 radical (unpaired) electrons. The molecule has 0 spiro atoms. The first-order chi connectivity index (χ1) is 35.5. The molecule has 0 saturated heterocycles. The highest BCUT2D eigenvalue weighted by molar-refractivity contribution is 6.09. The molecule has 3 aromatic carbocycles. The molecular weight excluding hydrogens is 949 g/mol. The van der Waals surface area contributed by atoms with Crippen LogP contribution in [0.2, 0.25) is 0 Å². The molecule has 6 rings (SSSR count). The Morgan fingerprint density at radius 3 is 2.16 bits per heavy atom. The number of carbonyl (C=O) groups is 7. The largest absolute Gasteiger partial charge is 0.462 e. The van der Waals surface area contributed by atoms with Crippen molar-refractivity contribution in [1.82, 2.24) is 5.32 Å². The number of ketones is 2. The van der Waals surface area contributed by atoms with Crippen LogP contribution in [0, 0.1) is 41.9 Å². The van der Waals surface area contributed by atoms with Gasteiger partial charge >= 0.3 is 23.9 Å². The highest BCUT2D eigenvalue weighted by Crippen LogP contribution is 2.63. The van der Waals surface area contributed by atoms with Crippen LogP contribution in [0.25, 0.3) is 0 Å². The molecule has 1 heterocycles. The molecule has 0 bridgehead atoms. The van der Waals surface area contributed by atoms with Crippen LogP contribution in [-0.4, -0.2) is 118 Å². The van der Waals surface area contributed by atoms with Gasteiger partial charge in [0.2, 0.25) is 5.91 Å². The summed E-state index contributed by atoms with van der Waals surface area (Å²) in [4.78, 5) is 90.1. The van der Waals surface area contributed by atoms with Gasteiger partial charge in [0.15, 0.2) is 5.78 Å². The van der Waals surface area contributed by atoms with Gasteiger partial charge in [0.05, 0.1) is 62.3 Å². The highest BCUT2D eigenvalue weighted by Gasteiger charge is 2.58. The Bertz CT molecular complexity index is 2560. The van der Waals surface area contributed by atoms with Gasteiger partial charge in [-0.3, -0.25) is 24.5 Å². The number of aryl methyl sites for hydroxylation is 1. The number of aliphatic hydroxyl groups is 1. The van der Waals surface area contributed by atoms with Crippen LogP contribution in [0.1, 0.15) is 114 Å². The van der Waals surface area contributed by atoms with Gasteiger partial charge in [0, 0.05) is 29.7 Å². The molecule has 16 heteroatoms. The van der Waals surface area contributed by atoms with Gasteiger partial charge in [0.1, 0.15) is 31.7 Å². The number of hydrogen-bond donors (Lipinski definition) is 3. The van der Waals surface area contributed by atoms with Crippen molar-refractivity contribution in [3.63, 3.8) is 0 Å². The fourth-order valence-corrected chi connectivity index (χ4v) is 10.5. The van der Waals surface area contributed by atoms with Crippen molar-refractivity contribution in [1.29, 1.82) is 0 Å². The number of terminal acetylenes is 1. The van der Waals surface area contributed by atoms with Crippen LogP contribution in [-0.2, 0) is 47.6 Å². The smallest absolute Gasteiger partial charge is 0.338 e. The highest BCUT2D eigenvalue weighted by atomic mass is 16.6. The van der Waals surface area contributed by atoms with Gasteiger partial charge in [0.25, 0.3) is 0 Å². The average molecular weight is 1020 g/mol. The number of cyclic esters (lactones) is 1. The Morgan fingerprint density at radius 2 is 1.47 bits per heavy atom. The molecule has 16 nitrogen and oxygen atoms in total. The lowest BCUT2D eigenvalue weighted by Crippen LogP contribution is -2.56. The predicted octanol–water partition coefficient (Wildman–Crippen LogP) is 7.10. The van der Waals surface area contributed by atoms with E-state index in [9.17, 15) is 38.7 Å². The second kappa shape index (κ2) is 27.0. The number of allylic oxidation sites excluding steroid dienone is 1. The van der Waals surface area contributed by atoms with Crippen molar-refractivity contribution in [2.24, 2.45) is 22.7 Å². The molecule has 1 aliphatic heterocycles. The summed E-state index contributed by atoms with van der Waals surface area (Å²) in [5, 5.41) is 17.0. The number of rotatable bonds is 27. The first-order valence-electron chi connectivity index (χ1n) is 25.2. The van der Waals surface area contributed by atoms with Crippen LogP contribution < -0.4 is 10.6 Å². The number of benzene rings is 3. The Morgan fingerprint density at radius 1 is 0.824 bits per heavy atom. The van der Waals surface area contributed by atoms with E-state index in [1.54, 1.807) is 42.5 Å². The number of Topliss-reactive ketones (excluding diaryl/α,β-unsaturated/α-hetero) is 1. The van der Waals surface area contributed by atoms with Gasteiger partial charge in [-0.2, -0.15) is 0 Å². The maximum Gasteiger partial charge on any atom is 0.338 e. The predicted molar refractivity (Wildman–Crippen MR) is 274 cm³/mol. The van der Waals surface area contributed by atoms with E-state index in [1.807, 2.05) is 19.1 Å². The fourth-order valence-electron chi connectivity index (χ4n) is 10.5. The maximum absolute atomic E-state index is 13.4. The Hall–Kier alpha value is -6.77. The van der Waals surface area contributed by atoms with Crippen LogP contribution in [0.3, 0.4) is 0 Å². The molecule has 3 N–H and O–H groups in total. The SMILES string of the molecule is C#CCOCCOCCOC(=O)CNCC(=O)Nc1ccc(C(=O)c2ccc(C(=O)OCCCC(=O)CC[C@]3(C)C(O)CC[C@]4(C)C3CCC(=C)[C@H]4CC(OC(=O)c3ccc(C)cc3)C3=CCOC3=O)cc2)cc1. The lowest BCUT2D eigenvalue weighted by molar-refractivity contribution is -0.145. The summed E-state index contributed by atoms with van der Waals surface area (Å²) < 4.78 is 32.2. The Kier molecular flexibility index (Phi) is 20.6. The van der Waals surface area contributed by atoms with E-state index in [0.717, 1.165) is 17.6 Å². The normalized spacial score (nSPS) is 21.5. The summed E-state index contributed by atoms with van der Waals surface area (Å²) in [5.74, 6) is -0.662. The minimum Gasteiger partial charge on any atom is -0.462 e. The van der Waals surface area contributed by atoms with Crippen molar-refractivity contribution in [3.05, 3.63) is 124 Å². The molecule has 2 saturated carbocycles. The van der Waals surface area contributed by atoms with Crippen molar-refractivity contribution in [2.75, 3.05) is 64.7 Å². The molecule has 2 fully saturated rings. The summed E-state index contributed by atoms with van der Waals surface area (Å²) in [6.45, 7) is 11.6. The zero-order valence-corrected chi connectivity index (χ0v) is 42.6.